The lowest BCUT2D eigenvalue weighted by molar-refractivity contribution is 0.586. The van der Waals surface area contributed by atoms with Gasteiger partial charge in [-0.1, -0.05) is 58.0 Å². The lowest BCUT2D eigenvalue weighted by Gasteiger charge is -2.22. The van der Waals surface area contributed by atoms with Gasteiger partial charge in [0.15, 0.2) is 0 Å². The highest BCUT2D eigenvalue weighted by Crippen LogP contribution is 2.27. The van der Waals surface area contributed by atoms with Gasteiger partial charge in [0.1, 0.15) is 5.82 Å². The van der Waals surface area contributed by atoms with Crippen molar-refractivity contribution in [3.8, 4) is 0 Å². The fourth-order valence-electron chi connectivity index (χ4n) is 2.43. The van der Waals surface area contributed by atoms with E-state index in [2.05, 4.69) is 57.3 Å². The second kappa shape index (κ2) is 6.30. The van der Waals surface area contributed by atoms with Crippen molar-refractivity contribution in [3.05, 3.63) is 65.5 Å². The van der Waals surface area contributed by atoms with Gasteiger partial charge in [0, 0.05) is 11.3 Å². The largest absolute Gasteiger partial charge is 0.378 e. The molecule has 0 saturated carbocycles. The predicted molar refractivity (Wildman–Crippen MR) is 88.2 cm³/mol. The van der Waals surface area contributed by atoms with Gasteiger partial charge in [-0.25, -0.2) is 4.39 Å². The van der Waals surface area contributed by atoms with E-state index in [0.717, 1.165) is 17.7 Å². The van der Waals surface area contributed by atoms with Crippen LogP contribution in [0.25, 0.3) is 0 Å². The smallest absolute Gasteiger partial charge is 0.128 e. The van der Waals surface area contributed by atoms with Gasteiger partial charge in [0.05, 0.1) is 6.04 Å². The maximum Gasteiger partial charge on any atom is 0.128 e. The third-order valence-corrected chi connectivity index (χ3v) is 3.78. The first-order valence-corrected chi connectivity index (χ1v) is 7.53. The molecule has 0 amide bonds. The average Bonchev–Trinajstić information content (AvgIpc) is 2.45. The molecule has 21 heavy (non-hydrogen) atoms. The first-order valence-electron chi connectivity index (χ1n) is 7.53. The Morgan fingerprint density at radius 2 is 1.62 bits per heavy atom. The molecule has 112 valence electrons. The molecule has 0 heterocycles. The zero-order valence-corrected chi connectivity index (χ0v) is 13.3. The maximum atomic E-state index is 13.9. The van der Waals surface area contributed by atoms with E-state index in [4.69, 9.17) is 0 Å². The van der Waals surface area contributed by atoms with Crippen LogP contribution in [-0.2, 0) is 5.41 Å². The van der Waals surface area contributed by atoms with Crippen LogP contribution in [-0.4, -0.2) is 0 Å². The monoisotopic (exact) mass is 285 g/mol. The molecule has 1 nitrogen and oxygen atoms in total. The van der Waals surface area contributed by atoms with Gasteiger partial charge in [0.25, 0.3) is 0 Å². The lowest BCUT2D eigenvalue weighted by Crippen LogP contribution is -2.13. The number of rotatable bonds is 4. The van der Waals surface area contributed by atoms with Crippen molar-refractivity contribution < 1.29 is 4.39 Å². The molecule has 0 saturated heterocycles. The van der Waals surface area contributed by atoms with E-state index < -0.39 is 0 Å². The first kappa shape index (κ1) is 15.6. The minimum absolute atomic E-state index is 0.00770. The van der Waals surface area contributed by atoms with E-state index >= 15 is 0 Å². The normalized spacial score (nSPS) is 13.0. The summed E-state index contributed by atoms with van der Waals surface area (Å²) in [6.07, 6.45) is 0.835. The van der Waals surface area contributed by atoms with Crippen molar-refractivity contribution in [2.75, 3.05) is 5.32 Å². The molecule has 2 aromatic rings. The van der Waals surface area contributed by atoms with E-state index in [1.165, 1.54) is 11.6 Å². The molecule has 0 aliphatic rings. The highest BCUT2D eigenvalue weighted by Gasteiger charge is 2.15. The van der Waals surface area contributed by atoms with Crippen LogP contribution in [0, 0.1) is 5.82 Å². The summed E-state index contributed by atoms with van der Waals surface area (Å²) in [6, 6.07) is 15.4. The molecule has 1 N–H and O–H groups in total. The molecule has 1 unspecified atom stereocenters. The van der Waals surface area contributed by atoms with Gasteiger partial charge in [0.2, 0.25) is 0 Å². The number of nitrogens with one attached hydrogen (secondary N) is 1. The standard InChI is InChI=1S/C19H24FN/c1-5-18(16-8-6-7-9-17(16)20)21-15-12-10-14(11-13-15)19(2,3)4/h6-13,18,21H,5H2,1-4H3. The van der Waals surface area contributed by atoms with Crippen LogP contribution in [0.3, 0.4) is 0 Å². The maximum absolute atomic E-state index is 13.9. The number of halogens is 1. The number of hydrogen-bond donors (Lipinski definition) is 1. The van der Waals surface area contributed by atoms with Gasteiger partial charge < -0.3 is 5.32 Å². The molecule has 2 rings (SSSR count). The molecule has 1 atom stereocenters. The van der Waals surface area contributed by atoms with Crippen molar-refractivity contribution in [1.29, 1.82) is 0 Å². The molecular formula is C19H24FN. The van der Waals surface area contributed by atoms with Crippen molar-refractivity contribution in [2.45, 2.75) is 45.6 Å². The minimum atomic E-state index is -0.150. The molecule has 2 heteroatoms. The number of anilines is 1. The summed E-state index contributed by atoms with van der Waals surface area (Å²) in [4.78, 5) is 0. The Kier molecular flexibility index (Phi) is 4.66. The summed E-state index contributed by atoms with van der Waals surface area (Å²) in [5.41, 5.74) is 3.19. The molecule has 0 aliphatic carbocycles. The fourth-order valence-corrected chi connectivity index (χ4v) is 2.43. The van der Waals surface area contributed by atoms with Crippen molar-refractivity contribution in [3.63, 3.8) is 0 Å². The number of benzene rings is 2. The topological polar surface area (TPSA) is 12.0 Å². The van der Waals surface area contributed by atoms with Gasteiger partial charge >= 0.3 is 0 Å². The van der Waals surface area contributed by atoms with Crippen LogP contribution in [0.5, 0.6) is 0 Å². The minimum Gasteiger partial charge on any atom is -0.378 e. The molecule has 0 radical (unpaired) electrons. The molecule has 0 bridgehead atoms. The third-order valence-electron chi connectivity index (χ3n) is 3.78. The lowest BCUT2D eigenvalue weighted by atomic mass is 9.87. The Labute approximate surface area is 127 Å². The van der Waals surface area contributed by atoms with Gasteiger partial charge in [-0.2, -0.15) is 0 Å². The highest BCUT2D eigenvalue weighted by atomic mass is 19.1. The molecule has 2 aromatic carbocycles. The SMILES string of the molecule is CCC(Nc1ccc(C(C)(C)C)cc1)c1ccccc1F. The summed E-state index contributed by atoms with van der Waals surface area (Å²) in [5, 5.41) is 3.42. The van der Waals surface area contributed by atoms with E-state index in [-0.39, 0.29) is 17.3 Å². The molecule has 0 fully saturated rings. The van der Waals surface area contributed by atoms with Gasteiger partial charge in [-0.15, -0.1) is 0 Å². The van der Waals surface area contributed by atoms with Crippen LogP contribution in [0.2, 0.25) is 0 Å². The molecule has 0 aliphatic heterocycles. The first-order chi connectivity index (χ1) is 9.91. The van der Waals surface area contributed by atoms with E-state index in [0.29, 0.717) is 0 Å². The van der Waals surface area contributed by atoms with Crippen molar-refractivity contribution in [1.82, 2.24) is 0 Å². The Balaban J connectivity index is 2.18. The van der Waals surface area contributed by atoms with Crippen LogP contribution in [0.15, 0.2) is 48.5 Å². The van der Waals surface area contributed by atoms with Gasteiger partial charge in [-0.3, -0.25) is 0 Å². The third kappa shape index (κ3) is 3.84. The van der Waals surface area contributed by atoms with E-state index in [1.807, 2.05) is 12.1 Å². The quantitative estimate of drug-likeness (QED) is 0.761. The van der Waals surface area contributed by atoms with Crippen LogP contribution in [0.1, 0.15) is 51.3 Å². The van der Waals surface area contributed by atoms with Gasteiger partial charge in [-0.05, 0) is 35.6 Å². The molecular weight excluding hydrogens is 261 g/mol. The Bertz CT molecular complexity index is 581. The second-order valence-electron chi connectivity index (χ2n) is 6.45. The zero-order chi connectivity index (χ0) is 15.5. The summed E-state index contributed by atoms with van der Waals surface area (Å²) in [5.74, 6) is -0.150. The van der Waals surface area contributed by atoms with Crippen LogP contribution < -0.4 is 5.32 Å². The summed E-state index contributed by atoms with van der Waals surface area (Å²) in [6.45, 7) is 8.66. The summed E-state index contributed by atoms with van der Waals surface area (Å²) < 4.78 is 13.9. The van der Waals surface area contributed by atoms with Crippen molar-refractivity contribution in [2.24, 2.45) is 0 Å². The van der Waals surface area contributed by atoms with Crippen molar-refractivity contribution >= 4 is 5.69 Å². The van der Waals surface area contributed by atoms with Crippen LogP contribution in [0.4, 0.5) is 10.1 Å². The Morgan fingerprint density at radius 3 is 2.14 bits per heavy atom. The molecule has 0 spiro atoms. The predicted octanol–water partition coefficient (Wildman–Crippen LogP) is 5.69. The highest BCUT2D eigenvalue weighted by molar-refractivity contribution is 5.48. The van der Waals surface area contributed by atoms with Crippen LogP contribution >= 0.6 is 0 Å². The fraction of sp³-hybridized carbons (Fsp3) is 0.368. The van der Waals surface area contributed by atoms with E-state index in [1.54, 1.807) is 6.07 Å². The second-order valence-corrected chi connectivity index (χ2v) is 6.45. The number of hydrogen-bond acceptors (Lipinski definition) is 1. The van der Waals surface area contributed by atoms with E-state index in [9.17, 15) is 4.39 Å². The average molecular weight is 285 g/mol. The Morgan fingerprint density at radius 1 is 1.00 bits per heavy atom. The zero-order valence-electron chi connectivity index (χ0n) is 13.3. The summed E-state index contributed by atoms with van der Waals surface area (Å²) >= 11 is 0. The Hall–Kier alpha value is -1.83. The molecule has 0 aromatic heterocycles. The summed E-state index contributed by atoms with van der Waals surface area (Å²) in [7, 11) is 0.